The Morgan fingerprint density at radius 2 is 1.88 bits per heavy atom. The molecule has 2 heterocycles. The van der Waals surface area contributed by atoms with Gasteiger partial charge in [-0.25, -0.2) is 9.97 Å². The number of amides is 1. The Kier molecular flexibility index (Phi) is 2.33. The first-order chi connectivity index (χ1) is 8.36. The van der Waals surface area contributed by atoms with Crippen molar-refractivity contribution in [3.63, 3.8) is 0 Å². The molecule has 4 nitrogen and oxygen atoms in total. The number of benzene rings is 1. The molecule has 0 fully saturated rings. The number of nitrogens with zero attached hydrogens (tertiary/aromatic N) is 3. The molecule has 1 aromatic heterocycles. The second-order valence-corrected chi connectivity index (χ2v) is 3.96. The van der Waals surface area contributed by atoms with E-state index in [2.05, 4.69) is 9.97 Å². The molecule has 0 saturated carbocycles. The van der Waals surface area contributed by atoms with Crippen molar-refractivity contribution in [1.82, 2.24) is 9.97 Å². The molecule has 3 rings (SSSR count). The van der Waals surface area contributed by atoms with Gasteiger partial charge in [0.15, 0.2) is 0 Å². The number of carbonyl (C=O) groups is 1. The van der Waals surface area contributed by atoms with Crippen LogP contribution in [0, 0.1) is 0 Å². The first-order valence-corrected chi connectivity index (χ1v) is 5.51. The fourth-order valence-electron chi connectivity index (χ4n) is 2.10. The molecule has 1 aliphatic heterocycles. The van der Waals surface area contributed by atoms with E-state index in [1.54, 1.807) is 17.3 Å². The maximum absolute atomic E-state index is 12.3. The Bertz CT molecular complexity index is 554. The highest BCUT2D eigenvalue weighted by molar-refractivity contribution is 6.07. The first-order valence-electron chi connectivity index (χ1n) is 5.51. The summed E-state index contributed by atoms with van der Waals surface area (Å²) in [7, 11) is 0. The fourth-order valence-corrected chi connectivity index (χ4v) is 2.10. The predicted octanol–water partition coefficient (Wildman–Crippen LogP) is 1.68. The largest absolute Gasteiger partial charge is 0.305 e. The zero-order valence-electron chi connectivity index (χ0n) is 9.21. The quantitative estimate of drug-likeness (QED) is 0.741. The second kappa shape index (κ2) is 3.97. The van der Waals surface area contributed by atoms with Crippen LogP contribution in [0.3, 0.4) is 0 Å². The average Bonchev–Trinajstić information content (AvgIpc) is 2.40. The summed E-state index contributed by atoms with van der Waals surface area (Å²) in [5.41, 5.74) is 2.65. The van der Waals surface area contributed by atoms with Gasteiger partial charge < -0.3 is 4.90 Å². The second-order valence-electron chi connectivity index (χ2n) is 3.96. The number of anilines is 1. The number of rotatable bonds is 1. The van der Waals surface area contributed by atoms with E-state index < -0.39 is 0 Å². The minimum absolute atomic E-state index is 0.0293. The molecule has 0 aliphatic carbocycles. The summed E-state index contributed by atoms with van der Waals surface area (Å²) in [5.74, 6) is 0.0293. The highest BCUT2D eigenvalue weighted by atomic mass is 16.2. The molecular weight excluding hydrogens is 214 g/mol. The van der Waals surface area contributed by atoms with E-state index in [1.807, 2.05) is 24.3 Å². The Hall–Kier alpha value is -2.23. The van der Waals surface area contributed by atoms with E-state index in [0.29, 0.717) is 6.54 Å². The van der Waals surface area contributed by atoms with E-state index in [1.165, 1.54) is 6.33 Å². The minimum Gasteiger partial charge on any atom is -0.305 e. The van der Waals surface area contributed by atoms with Crippen LogP contribution in [-0.4, -0.2) is 22.4 Å². The van der Waals surface area contributed by atoms with Gasteiger partial charge in [-0.05, 0) is 18.1 Å². The van der Waals surface area contributed by atoms with Gasteiger partial charge in [0.2, 0.25) is 0 Å². The van der Waals surface area contributed by atoms with E-state index in [4.69, 9.17) is 0 Å². The van der Waals surface area contributed by atoms with Crippen LogP contribution in [0.25, 0.3) is 0 Å². The summed E-state index contributed by atoms with van der Waals surface area (Å²) in [6, 6.07) is 7.73. The van der Waals surface area contributed by atoms with Gasteiger partial charge in [-0.15, -0.1) is 0 Å². The van der Waals surface area contributed by atoms with Crippen molar-refractivity contribution in [3.05, 3.63) is 54.1 Å². The van der Waals surface area contributed by atoms with E-state index in [0.717, 1.165) is 23.2 Å². The third-order valence-electron chi connectivity index (χ3n) is 2.96. The summed E-state index contributed by atoms with van der Waals surface area (Å²) >= 11 is 0. The molecule has 84 valence electrons. The number of hydrogen-bond donors (Lipinski definition) is 0. The lowest BCUT2D eigenvalue weighted by atomic mass is 9.99. The molecule has 0 atom stereocenters. The summed E-state index contributed by atoms with van der Waals surface area (Å²) in [6.07, 6.45) is 5.67. The zero-order valence-corrected chi connectivity index (χ0v) is 9.21. The van der Waals surface area contributed by atoms with Gasteiger partial charge in [-0.2, -0.15) is 0 Å². The van der Waals surface area contributed by atoms with Crippen molar-refractivity contribution in [3.8, 4) is 0 Å². The first kappa shape index (κ1) is 9.96. The van der Waals surface area contributed by atoms with E-state index in [9.17, 15) is 4.79 Å². The molecule has 2 aromatic rings. The zero-order chi connectivity index (χ0) is 11.7. The van der Waals surface area contributed by atoms with Crippen LogP contribution in [0.15, 0.2) is 43.0 Å². The Labute approximate surface area is 98.9 Å². The van der Waals surface area contributed by atoms with Crippen molar-refractivity contribution in [1.29, 1.82) is 0 Å². The number of fused-ring (bicyclic) bond motifs is 1. The third kappa shape index (κ3) is 1.67. The van der Waals surface area contributed by atoms with Crippen LogP contribution in [0.2, 0.25) is 0 Å². The lowest BCUT2D eigenvalue weighted by Gasteiger charge is -2.27. The molecule has 17 heavy (non-hydrogen) atoms. The Morgan fingerprint density at radius 3 is 2.71 bits per heavy atom. The van der Waals surface area contributed by atoms with Gasteiger partial charge in [-0.1, -0.05) is 18.2 Å². The maximum atomic E-state index is 12.3. The van der Waals surface area contributed by atoms with Gasteiger partial charge in [0, 0.05) is 12.1 Å². The summed E-state index contributed by atoms with van der Waals surface area (Å²) in [5, 5.41) is 0. The monoisotopic (exact) mass is 225 g/mol. The number of aromatic nitrogens is 2. The van der Waals surface area contributed by atoms with Crippen molar-refractivity contribution in [2.45, 2.75) is 6.42 Å². The summed E-state index contributed by atoms with van der Waals surface area (Å²) in [4.78, 5) is 21.9. The van der Waals surface area contributed by atoms with Gasteiger partial charge in [-0.3, -0.25) is 4.79 Å². The fraction of sp³-hybridized carbons (Fsp3) is 0.154. The van der Waals surface area contributed by atoms with E-state index in [-0.39, 0.29) is 5.91 Å². The molecule has 0 unspecified atom stereocenters. The number of hydrogen-bond acceptors (Lipinski definition) is 3. The molecule has 0 bridgehead atoms. The molecule has 4 heteroatoms. The van der Waals surface area contributed by atoms with Crippen molar-refractivity contribution < 1.29 is 4.79 Å². The van der Waals surface area contributed by atoms with Gasteiger partial charge in [0.1, 0.15) is 6.33 Å². The average molecular weight is 225 g/mol. The molecular formula is C13H11N3O. The van der Waals surface area contributed by atoms with Crippen molar-refractivity contribution in [2.24, 2.45) is 0 Å². The maximum Gasteiger partial charge on any atom is 0.258 e. The smallest absolute Gasteiger partial charge is 0.258 e. The SMILES string of the molecule is O=C1c2ccccc2CCN1c1cncnc1. The highest BCUT2D eigenvalue weighted by Crippen LogP contribution is 2.22. The molecule has 0 radical (unpaired) electrons. The normalized spacial score (nSPS) is 14.6. The van der Waals surface area contributed by atoms with Crippen LogP contribution in [0.4, 0.5) is 5.69 Å². The standard InChI is InChI=1S/C13H11N3O/c17-13-12-4-2-1-3-10(12)5-6-16(13)11-7-14-9-15-8-11/h1-4,7-9H,5-6H2. The Morgan fingerprint density at radius 1 is 1.12 bits per heavy atom. The van der Waals surface area contributed by atoms with Crippen LogP contribution >= 0.6 is 0 Å². The lowest BCUT2D eigenvalue weighted by Crippen LogP contribution is -2.37. The van der Waals surface area contributed by atoms with Gasteiger partial charge in [0.05, 0.1) is 18.1 Å². The third-order valence-corrected chi connectivity index (χ3v) is 2.96. The number of carbonyl (C=O) groups excluding carboxylic acids is 1. The molecule has 1 amide bonds. The predicted molar refractivity (Wildman–Crippen MR) is 63.9 cm³/mol. The summed E-state index contributed by atoms with van der Waals surface area (Å²) < 4.78 is 0. The van der Waals surface area contributed by atoms with Crippen LogP contribution in [-0.2, 0) is 6.42 Å². The topological polar surface area (TPSA) is 46.1 Å². The van der Waals surface area contributed by atoms with Gasteiger partial charge >= 0.3 is 0 Å². The van der Waals surface area contributed by atoms with Crippen LogP contribution in [0.1, 0.15) is 15.9 Å². The minimum atomic E-state index is 0.0293. The Balaban J connectivity index is 2.00. The van der Waals surface area contributed by atoms with Gasteiger partial charge in [0.25, 0.3) is 5.91 Å². The lowest BCUT2D eigenvalue weighted by molar-refractivity contribution is 0.0980. The van der Waals surface area contributed by atoms with Crippen LogP contribution in [0.5, 0.6) is 0 Å². The highest BCUT2D eigenvalue weighted by Gasteiger charge is 2.24. The molecule has 1 aromatic carbocycles. The van der Waals surface area contributed by atoms with Crippen molar-refractivity contribution in [2.75, 3.05) is 11.4 Å². The van der Waals surface area contributed by atoms with Crippen molar-refractivity contribution >= 4 is 11.6 Å². The molecule has 0 spiro atoms. The summed E-state index contributed by atoms with van der Waals surface area (Å²) in [6.45, 7) is 0.684. The van der Waals surface area contributed by atoms with Crippen LogP contribution < -0.4 is 4.90 Å². The molecule has 0 N–H and O–H groups in total. The molecule has 1 aliphatic rings. The molecule has 0 saturated heterocycles. The van der Waals surface area contributed by atoms with E-state index >= 15 is 0 Å².